The Hall–Kier alpha value is -3.42. The summed E-state index contributed by atoms with van der Waals surface area (Å²) >= 11 is 0. The van der Waals surface area contributed by atoms with Crippen molar-refractivity contribution in [3.05, 3.63) is 77.4 Å². The minimum atomic E-state index is -0.870. The van der Waals surface area contributed by atoms with E-state index in [-0.39, 0.29) is 11.6 Å². The highest BCUT2D eigenvalue weighted by molar-refractivity contribution is 6.46. The summed E-state index contributed by atoms with van der Waals surface area (Å²) in [6.45, 7) is 2.81. The third kappa shape index (κ3) is 4.81. The summed E-state index contributed by atoms with van der Waals surface area (Å²) in [5.74, 6) is 0.467. The number of rotatable bonds is 8. The minimum Gasteiger partial charge on any atom is -0.490 e. The first-order valence-electron chi connectivity index (χ1n) is 12.8. The molecule has 1 amide bonds. The molecule has 186 valence electrons. The Morgan fingerprint density at radius 2 is 1.86 bits per heavy atom. The summed E-state index contributed by atoms with van der Waals surface area (Å²) in [5, 5.41) is 20.7. The number of carbonyl (C=O) groups is 1. The molecule has 0 aromatic heterocycles. The summed E-state index contributed by atoms with van der Waals surface area (Å²) in [6.07, 6.45) is 3.91. The second-order valence-electron chi connectivity index (χ2n) is 9.94. The SMILES string of the molecule is O=C(NC(CN1CCCC1)C(O)c1ccc(OC2CC2)cc1)C1=NOCc2c1ccc1ccccc21. The average Bonchev–Trinajstić information content (AvgIpc) is 3.58. The van der Waals surface area contributed by atoms with Crippen LogP contribution in [0.1, 0.15) is 48.5 Å². The Morgan fingerprint density at radius 3 is 2.64 bits per heavy atom. The zero-order valence-electron chi connectivity index (χ0n) is 20.2. The Balaban J connectivity index is 1.24. The van der Waals surface area contributed by atoms with Crippen molar-refractivity contribution in [1.82, 2.24) is 10.2 Å². The van der Waals surface area contributed by atoms with Gasteiger partial charge < -0.3 is 24.9 Å². The maximum Gasteiger partial charge on any atom is 0.274 e. The van der Waals surface area contributed by atoms with Gasteiger partial charge in [-0.1, -0.05) is 53.7 Å². The molecule has 2 unspecified atom stereocenters. The van der Waals surface area contributed by atoms with Crippen molar-refractivity contribution in [2.45, 2.75) is 50.5 Å². The molecular weight excluding hydrogens is 454 g/mol. The van der Waals surface area contributed by atoms with Crippen molar-refractivity contribution in [1.29, 1.82) is 0 Å². The number of carbonyl (C=O) groups excluding carboxylic acids is 1. The van der Waals surface area contributed by atoms with Gasteiger partial charge in [-0.05, 0) is 67.2 Å². The number of aliphatic hydroxyl groups is 1. The fourth-order valence-corrected chi connectivity index (χ4v) is 5.15. The molecule has 36 heavy (non-hydrogen) atoms. The number of hydrogen-bond acceptors (Lipinski definition) is 6. The van der Waals surface area contributed by atoms with E-state index in [0.29, 0.717) is 19.3 Å². The lowest BCUT2D eigenvalue weighted by molar-refractivity contribution is -0.116. The molecule has 0 radical (unpaired) electrons. The number of amides is 1. The van der Waals surface area contributed by atoms with Gasteiger partial charge in [-0.15, -0.1) is 0 Å². The number of likely N-dealkylation sites (tertiary alicyclic amines) is 1. The van der Waals surface area contributed by atoms with Crippen molar-refractivity contribution >= 4 is 22.4 Å². The van der Waals surface area contributed by atoms with Gasteiger partial charge in [-0.3, -0.25) is 4.79 Å². The standard InChI is InChI=1S/C29H31N3O4/c33-28(20-7-10-21(11-8-20)36-22-12-13-22)26(17-32-15-3-4-16-32)30-29(34)27-24-14-9-19-5-1-2-6-23(19)25(24)18-35-31-27/h1-2,5-11,14,22,26,28,33H,3-4,12-13,15-18H2,(H,30,34). The molecule has 0 bridgehead atoms. The summed E-state index contributed by atoms with van der Waals surface area (Å²) in [5.41, 5.74) is 2.72. The number of aliphatic hydroxyl groups excluding tert-OH is 1. The lowest BCUT2D eigenvalue weighted by Crippen LogP contribution is -2.49. The highest BCUT2D eigenvalue weighted by Crippen LogP contribution is 2.29. The monoisotopic (exact) mass is 485 g/mol. The number of benzene rings is 3. The van der Waals surface area contributed by atoms with E-state index in [0.717, 1.165) is 72.0 Å². The molecular formula is C29H31N3O4. The van der Waals surface area contributed by atoms with Gasteiger partial charge in [0.25, 0.3) is 5.91 Å². The van der Waals surface area contributed by atoms with E-state index >= 15 is 0 Å². The van der Waals surface area contributed by atoms with Crippen molar-refractivity contribution in [2.75, 3.05) is 19.6 Å². The normalized spacial score (nSPS) is 19.2. The van der Waals surface area contributed by atoms with Crippen molar-refractivity contribution in [2.24, 2.45) is 5.16 Å². The van der Waals surface area contributed by atoms with Crippen LogP contribution >= 0.6 is 0 Å². The number of fused-ring (bicyclic) bond motifs is 3. The van der Waals surface area contributed by atoms with Crippen molar-refractivity contribution < 1.29 is 19.5 Å². The fraction of sp³-hybridized carbons (Fsp3) is 0.379. The van der Waals surface area contributed by atoms with Crippen LogP contribution in [0.2, 0.25) is 0 Å². The quantitative estimate of drug-likeness (QED) is 0.505. The second-order valence-corrected chi connectivity index (χ2v) is 9.94. The van der Waals surface area contributed by atoms with Gasteiger partial charge in [0.05, 0.1) is 12.1 Å². The van der Waals surface area contributed by atoms with Gasteiger partial charge >= 0.3 is 0 Å². The Kier molecular flexibility index (Phi) is 6.34. The van der Waals surface area contributed by atoms with Crippen LogP contribution in [0.25, 0.3) is 10.8 Å². The van der Waals surface area contributed by atoms with Gasteiger partial charge in [0.15, 0.2) is 5.71 Å². The van der Waals surface area contributed by atoms with Gasteiger partial charge in [-0.25, -0.2) is 0 Å². The van der Waals surface area contributed by atoms with E-state index in [9.17, 15) is 9.90 Å². The van der Waals surface area contributed by atoms with Gasteiger partial charge in [0.1, 0.15) is 18.5 Å². The van der Waals surface area contributed by atoms with Gasteiger partial charge in [-0.2, -0.15) is 0 Å². The zero-order valence-corrected chi connectivity index (χ0v) is 20.2. The van der Waals surface area contributed by atoms with Crippen LogP contribution in [0, 0.1) is 0 Å². The van der Waals surface area contributed by atoms with Gasteiger partial charge in [0, 0.05) is 17.7 Å². The van der Waals surface area contributed by atoms with Crippen LogP contribution in [0.4, 0.5) is 0 Å². The molecule has 7 nitrogen and oxygen atoms in total. The van der Waals surface area contributed by atoms with Crippen LogP contribution in [-0.2, 0) is 16.2 Å². The minimum absolute atomic E-state index is 0.244. The maximum absolute atomic E-state index is 13.5. The lowest BCUT2D eigenvalue weighted by Gasteiger charge is -2.29. The predicted octanol–water partition coefficient (Wildman–Crippen LogP) is 3.93. The molecule has 2 heterocycles. The Morgan fingerprint density at radius 1 is 1.08 bits per heavy atom. The summed E-state index contributed by atoms with van der Waals surface area (Å²) < 4.78 is 5.85. The average molecular weight is 486 g/mol. The Labute approximate surface area is 210 Å². The lowest BCUT2D eigenvalue weighted by atomic mass is 9.95. The highest BCUT2D eigenvalue weighted by atomic mass is 16.6. The first kappa shape index (κ1) is 23.0. The summed E-state index contributed by atoms with van der Waals surface area (Å²) in [6, 6.07) is 19.1. The van der Waals surface area contributed by atoms with E-state index in [2.05, 4.69) is 15.4 Å². The third-order valence-electron chi connectivity index (χ3n) is 7.28. The molecule has 3 aromatic rings. The molecule has 1 aliphatic carbocycles. The molecule has 2 atom stereocenters. The zero-order chi connectivity index (χ0) is 24.5. The molecule has 0 spiro atoms. The van der Waals surface area contributed by atoms with E-state index in [1.807, 2.05) is 60.7 Å². The number of ether oxygens (including phenoxy) is 1. The topological polar surface area (TPSA) is 83.4 Å². The molecule has 1 saturated heterocycles. The van der Waals surface area contributed by atoms with E-state index in [1.165, 1.54) is 0 Å². The molecule has 2 fully saturated rings. The van der Waals surface area contributed by atoms with Crippen LogP contribution in [0.5, 0.6) is 5.75 Å². The van der Waals surface area contributed by atoms with Crippen LogP contribution in [0.15, 0.2) is 65.8 Å². The first-order valence-corrected chi connectivity index (χ1v) is 12.8. The second kappa shape index (κ2) is 9.91. The molecule has 3 aliphatic rings. The maximum atomic E-state index is 13.5. The molecule has 2 aliphatic heterocycles. The molecule has 3 aromatic carbocycles. The first-order chi connectivity index (χ1) is 17.7. The largest absolute Gasteiger partial charge is 0.490 e. The van der Waals surface area contributed by atoms with Crippen molar-refractivity contribution in [3.63, 3.8) is 0 Å². The van der Waals surface area contributed by atoms with Crippen LogP contribution in [-0.4, -0.2) is 53.4 Å². The fourth-order valence-electron chi connectivity index (χ4n) is 5.15. The van der Waals surface area contributed by atoms with Crippen LogP contribution < -0.4 is 10.1 Å². The highest BCUT2D eigenvalue weighted by Gasteiger charge is 2.31. The molecule has 6 rings (SSSR count). The number of nitrogens with one attached hydrogen (secondary N) is 1. The predicted molar refractivity (Wildman–Crippen MR) is 138 cm³/mol. The van der Waals surface area contributed by atoms with Gasteiger partial charge in [0.2, 0.25) is 0 Å². The molecule has 1 saturated carbocycles. The van der Waals surface area contributed by atoms with E-state index in [1.54, 1.807) is 0 Å². The van der Waals surface area contributed by atoms with Crippen LogP contribution in [0.3, 0.4) is 0 Å². The smallest absolute Gasteiger partial charge is 0.274 e. The van der Waals surface area contributed by atoms with E-state index < -0.39 is 12.1 Å². The summed E-state index contributed by atoms with van der Waals surface area (Å²) in [4.78, 5) is 21.3. The molecule has 2 N–H and O–H groups in total. The van der Waals surface area contributed by atoms with Crippen molar-refractivity contribution in [3.8, 4) is 5.75 Å². The third-order valence-corrected chi connectivity index (χ3v) is 7.28. The number of oxime groups is 1. The van der Waals surface area contributed by atoms with E-state index in [4.69, 9.17) is 9.57 Å². The number of nitrogens with zero attached hydrogens (tertiary/aromatic N) is 2. The number of hydrogen-bond donors (Lipinski definition) is 2. The summed E-state index contributed by atoms with van der Waals surface area (Å²) in [7, 11) is 0. The Bertz CT molecular complexity index is 1280. The molecule has 7 heteroatoms.